The molecule has 1 aromatic heterocycles. The molecule has 9 heteroatoms. The lowest BCUT2D eigenvalue weighted by Crippen LogP contribution is -2.46. The maximum absolute atomic E-state index is 12.8. The van der Waals surface area contributed by atoms with E-state index in [2.05, 4.69) is 15.5 Å². The van der Waals surface area contributed by atoms with E-state index < -0.39 is 17.9 Å². The van der Waals surface area contributed by atoms with E-state index in [9.17, 15) is 19.5 Å². The summed E-state index contributed by atoms with van der Waals surface area (Å²) >= 11 is 0. The third-order valence-corrected chi connectivity index (χ3v) is 4.01. The Kier molecular flexibility index (Phi) is 6.53. The number of hydrogen-bond acceptors (Lipinski definition) is 5. The quantitative estimate of drug-likeness (QED) is 0.636. The van der Waals surface area contributed by atoms with Crippen LogP contribution in [-0.4, -0.2) is 64.2 Å². The van der Waals surface area contributed by atoms with Gasteiger partial charge in [0.2, 0.25) is 5.91 Å². The Bertz CT molecular complexity index is 815. The number of carbonyl (C=O) groups excluding carboxylic acids is 2. The summed E-state index contributed by atoms with van der Waals surface area (Å²) in [6.45, 7) is 2.97. The van der Waals surface area contributed by atoms with Crippen molar-refractivity contribution in [2.75, 3.05) is 20.2 Å². The van der Waals surface area contributed by atoms with Crippen molar-refractivity contribution in [3.8, 4) is 17.0 Å². The minimum Gasteiger partial charge on any atom is -0.497 e. The first-order chi connectivity index (χ1) is 12.8. The Hall–Kier alpha value is -3.36. The van der Waals surface area contributed by atoms with Crippen LogP contribution in [0.4, 0.5) is 0 Å². The van der Waals surface area contributed by atoms with Crippen molar-refractivity contribution < 1.29 is 24.2 Å². The Labute approximate surface area is 156 Å². The fourth-order valence-corrected chi connectivity index (χ4v) is 2.45. The van der Waals surface area contributed by atoms with E-state index in [-0.39, 0.29) is 24.7 Å². The number of aromatic nitrogens is 2. The molecule has 0 spiro atoms. The summed E-state index contributed by atoms with van der Waals surface area (Å²) < 4.78 is 5.11. The molecular formula is C18H22N4O5. The van der Waals surface area contributed by atoms with Crippen molar-refractivity contribution in [1.82, 2.24) is 20.4 Å². The highest BCUT2D eigenvalue weighted by Crippen LogP contribution is 2.21. The molecular weight excluding hydrogens is 352 g/mol. The zero-order valence-corrected chi connectivity index (χ0v) is 15.4. The van der Waals surface area contributed by atoms with E-state index in [1.807, 2.05) is 0 Å². The number of aliphatic carboxylic acids is 1. The number of rotatable bonds is 8. The first kappa shape index (κ1) is 20.0. The molecule has 3 N–H and O–H groups in total. The third-order valence-electron chi connectivity index (χ3n) is 4.01. The lowest BCUT2D eigenvalue weighted by Gasteiger charge is -2.26. The van der Waals surface area contributed by atoms with E-state index >= 15 is 0 Å². The van der Waals surface area contributed by atoms with Gasteiger partial charge >= 0.3 is 5.97 Å². The number of hydrogen-bond donors (Lipinski definition) is 3. The monoisotopic (exact) mass is 374 g/mol. The van der Waals surface area contributed by atoms with E-state index in [1.165, 1.54) is 18.7 Å². The number of ether oxygens (including phenoxy) is 1. The lowest BCUT2D eigenvalue weighted by molar-refractivity contribution is -0.141. The second-order valence-corrected chi connectivity index (χ2v) is 5.89. The van der Waals surface area contributed by atoms with E-state index in [0.717, 1.165) is 5.56 Å². The van der Waals surface area contributed by atoms with Crippen LogP contribution in [0.25, 0.3) is 11.3 Å². The van der Waals surface area contributed by atoms with Crippen LogP contribution in [0.3, 0.4) is 0 Å². The largest absolute Gasteiger partial charge is 0.497 e. The molecule has 0 saturated heterocycles. The Morgan fingerprint density at radius 3 is 2.52 bits per heavy atom. The second kappa shape index (κ2) is 8.84. The number of carbonyl (C=O) groups is 3. The summed E-state index contributed by atoms with van der Waals surface area (Å²) in [5.41, 5.74) is 1.49. The molecule has 0 fully saturated rings. The van der Waals surface area contributed by atoms with Crippen LogP contribution in [0.15, 0.2) is 30.3 Å². The van der Waals surface area contributed by atoms with Crippen molar-refractivity contribution in [3.05, 3.63) is 36.0 Å². The van der Waals surface area contributed by atoms with Crippen LogP contribution in [0.1, 0.15) is 24.3 Å². The molecule has 0 bridgehead atoms. The topological polar surface area (TPSA) is 125 Å². The maximum Gasteiger partial charge on any atom is 0.326 e. The van der Waals surface area contributed by atoms with Crippen molar-refractivity contribution in [3.63, 3.8) is 0 Å². The summed E-state index contributed by atoms with van der Waals surface area (Å²) in [4.78, 5) is 36.3. The number of carboxylic acid groups (broad SMARTS) is 1. The van der Waals surface area contributed by atoms with Crippen LogP contribution in [0, 0.1) is 0 Å². The van der Waals surface area contributed by atoms with Gasteiger partial charge in [0.1, 0.15) is 17.5 Å². The molecule has 144 valence electrons. The predicted octanol–water partition coefficient (Wildman–Crippen LogP) is 1.14. The number of aromatic amines is 1. The van der Waals surface area contributed by atoms with Gasteiger partial charge in [-0.15, -0.1) is 0 Å². The van der Waals surface area contributed by atoms with Crippen LogP contribution < -0.4 is 10.1 Å². The third kappa shape index (κ3) is 5.06. The molecule has 9 nitrogen and oxygen atoms in total. The van der Waals surface area contributed by atoms with Gasteiger partial charge in [-0.1, -0.05) is 0 Å². The summed E-state index contributed by atoms with van der Waals surface area (Å²) in [6, 6.07) is 7.66. The van der Waals surface area contributed by atoms with Crippen LogP contribution in [0.5, 0.6) is 5.75 Å². The molecule has 1 unspecified atom stereocenters. The standard InChI is InChI=1S/C18H22N4O5/c1-11(18(25)26)22(9-8-19-12(2)23)17(24)16-10-15(20-21-16)13-4-6-14(27-3)7-5-13/h4-7,10-11H,8-9H2,1-3H3,(H,19,23)(H,20,21)(H,25,26). The highest BCUT2D eigenvalue weighted by atomic mass is 16.5. The van der Waals surface area contributed by atoms with Gasteiger partial charge in [0, 0.05) is 25.6 Å². The highest BCUT2D eigenvalue weighted by molar-refractivity contribution is 5.95. The Balaban J connectivity index is 2.19. The van der Waals surface area contributed by atoms with Gasteiger partial charge in [-0.3, -0.25) is 14.7 Å². The molecule has 0 aliphatic rings. The minimum atomic E-state index is -1.14. The van der Waals surface area contributed by atoms with Crippen molar-refractivity contribution in [2.45, 2.75) is 19.9 Å². The van der Waals surface area contributed by atoms with Gasteiger partial charge in [0.25, 0.3) is 5.91 Å². The number of methoxy groups -OCH3 is 1. The Morgan fingerprint density at radius 2 is 1.96 bits per heavy atom. The summed E-state index contributed by atoms with van der Waals surface area (Å²) in [5, 5.41) is 18.6. The molecule has 2 amide bonds. The van der Waals surface area contributed by atoms with Crippen LogP contribution >= 0.6 is 0 Å². The van der Waals surface area contributed by atoms with Gasteiger partial charge < -0.3 is 20.1 Å². The smallest absolute Gasteiger partial charge is 0.326 e. The fourth-order valence-electron chi connectivity index (χ4n) is 2.45. The average molecular weight is 374 g/mol. The molecule has 2 aromatic rings. The summed E-state index contributed by atoms with van der Waals surface area (Å²) in [5.74, 6) is -1.21. The molecule has 1 heterocycles. The van der Waals surface area contributed by atoms with Crippen molar-refractivity contribution >= 4 is 17.8 Å². The fraction of sp³-hybridized carbons (Fsp3) is 0.333. The van der Waals surface area contributed by atoms with E-state index in [1.54, 1.807) is 37.4 Å². The highest BCUT2D eigenvalue weighted by Gasteiger charge is 2.27. The lowest BCUT2D eigenvalue weighted by atomic mass is 10.1. The van der Waals surface area contributed by atoms with Gasteiger partial charge in [0.05, 0.1) is 12.8 Å². The molecule has 0 aliphatic carbocycles. The van der Waals surface area contributed by atoms with E-state index in [0.29, 0.717) is 11.4 Å². The van der Waals surface area contributed by atoms with Gasteiger partial charge in [-0.2, -0.15) is 5.10 Å². The molecule has 1 atom stereocenters. The Morgan fingerprint density at radius 1 is 1.30 bits per heavy atom. The molecule has 0 radical (unpaired) electrons. The second-order valence-electron chi connectivity index (χ2n) is 5.89. The van der Waals surface area contributed by atoms with Crippen molar-refractivity contribution in [1.29, 1.82) is 0 Å². The van der Waals surface area contributed by atoms with Gasteiger partial charge in [-0.05, 0) is 37.3 Å². The summed E-state index contributed by atoms with van der Waals surface area (Å²) in [6.07, 6.45) is 0. The molecule has 27 heavy (non-hydrogen) atoms. The number of carboxylic acids is 1. The average Bonchev–Trinajstić information content (AvgIpc) is 3.14. The van der Waals surface area contributed by atoms with Gasteiger partial charge in [-0.25, -0.2) is 4.79 Å². The first-order valence-electron chi connectivity index (χ1n) is 8.31. The molecule has 2 rings (SSSR count). The number of nitrogens with one attached hydrogen (secondary N) is 2. The SMILES string of the molecule is COc1ccc(-c2cc(C(=O)N(CCNC(C)=O)C(C)C(=O)O)[nH]n2)cc1. The van der Waals surface area contributed by atoms with Gasteiger partial charge in [0.15, 0.2) is 0 Å². The van der Waals surface area contributed by atoms with Crippen molar-refractivity contribution in [2.24, 2.45) is 0 Å². The number of benzene rings is 1. The molecule has 0 aliphatic heterocycles. The van der Waals surface area contributed by atoms with Crippen LogP contribution in [0.2, 0.25) is 0 Å². The number of amides is 2. The minimum absolute atomic E-state index is 0.0583. The summed E-state index contributed by atoms with van der Waals surface area (Å²) in [7, 11) is 1.57. The number of nitrogens with zero attached hydrogens (tertiary/aromatic N) is 2. The number of H-pyrrole nitrogens is 1. The molecule has 0 saturated carbocycles. The van der Waals surface area contributed by atoms with E-state index in [4.69, 9.17) is 4.74 Å². The predicted molar refractivity (Wildman–Crippen MR) is 97.4 cm³/mol. The zero-order chi connectivity index (χ0) is 20.0. The zero-order valence-electron chi connectivity index (χ0n) is 15.4. The maximum atomic E-state index is 12.8. The normalized spacial score (nSPS) is 11.5. The first-order valence-corrected chi connectivity index (χ1v) is 8.31. The molecule has 1 aromatic carbocycles. The van der Waals surface area contributed by atoms with Crippen LogP contribution in [-0.2, 0) is 9.59 Å².